The third kappa shape index (κ3) is 3.34. The first-order valence-corrected chi connectivity index (χ1v) is 8.35. The van der Waals surface area contributed by atoms with Crippen LogP contribution in [0.25, 0.3) is 11.3 Å². The molecule has 106 valence electrons. The van der Waals surface area contributed by atoms with Crippen molar-refractivity contribution in [2.45, 2.75) is 13.8 Å². The Balaban J connectivity index is 1.82. The van der Waals surface area contributed by atoms with E-state index in [0.29, 0.717) is 0 Å². The number of nitrogens with one attached hydrogen (secondary N) is 1. The van der Waals surface area contributed by atoms with E-state index >= 15 is 0 Å². The predicted octanol–water partition coefficient (Wildman–Crippen LogP) is 5.93. The summed E-state index contributed by atoms with van der Waals surface area (Å²) in [4.78, 5) is 4.66. The molecule has 0 amide bonds. The Labute approximate surface area is 137 Å². The Morgan fingerprint density at radius 1 is 1.00 bits per heavy atom. The summed E-state index contributed by atoms with van der Waals surface area (Å²) in [6, 6.07) is 14.5. The second-order valence-corrected chi connectivity index (χ2v) is 6.74. The molecular weight excluding hydrogens is 344 g/mol. The van der Waals surface area contributed by atoms with E-state index in [1.807, 2.05) is 24.3 Å². The van der Waals surface area contributed by atoms with Crippen molar-refractivity contribution < 1.29 is 0 Å². The molecule has 0 fully saturated rings. The SMILES string of the molecule is Cc1ccc(-c2csc(Nc3ccc(Br)cc3)n2)cc1C. The minimum absolute atomic E-state index is 0.908. The van der Waals surface area contributed by atoms with E-state index in [2.05, 4.69) is 63.7 Å². The average Bonchev–Trinajstić information content (AvgIpc) is 2.93. The van der Waals surface area contributed by atoms with Crippen molar-refractivity contribution in [3.63, 3.8) is 0 Å². The number of aromatic nitrogens is 1. The predicted molar refractivity (Wildman–Crippen MR) is 94.4 cm³/mol. The highest BCUT2D eigenvalue weighted by atomic mass is 79.9. The van der Waals surface area contributed by atoms with Gasteiger partial charge in [-0.3, -0.25) is 0 Å². The van der Waals surface area contributed by atoms with Crippen molar-refractivity contribution in [1.29, 1.82) is 0 Å². The number of hydrogen-bond donors (Lipinski definition) is 1. The van der Waals surface area contributed by atoms with Gasteiger partial charge in [-0.05, 0) is 55.3 Å². The molecule has 1 aromatic heterocycles. The molecule has 4 heteroatoms. The molecule has 0 spiro atoms. The van der Waals surface area contributed by atoms with Crippen LogP contribution in [0.3, 0.4) is 0 Å². The van der Waals surface area contributed by atoms with Gasteiger partial charge in [0.05, 0.1) is 5.69 Å². The van der Waals surface area contributed by atoms with Crippen molar-refractivity contribution in [2.75, 3.05) is 5.32 Å². The van der Waals surface area contributed by atoms with E-state index in [1.54, 1.807) is 11.3 Å². The Morgan fingerprint density at radius 3 is 2.48 bits per heavy atom. The van der Waals surface area contributed by atoms with Gasteiger partial charge < -0.3 is 5.32 Å². The topological polar surface area (TPSA) is 24.9 Å². The molecular formula is C17H15BrN2S. The maximum absolute atomic E-state index is 4.66. The van der Waals surface area contributed by atoms with E-state index < -0.39 is 0 Å². The van der Waals surface area contributed by atoms with Gasteiger partial charge in [-0.2, -0.15) is 0 Å². The van der Waals surface area contributed by atoms with Crippen LogP contribution in [0.2, 0.25) is 0 Å². The lowest BCUT2D eigenvalue weighted by Crippen LogP contribution is -1.89. The summed E-state index contributed by atoms with van der Waals surface area (Å²) < 4.78 is 1.07. The van der Waals surface area contributed by atoms with Gasteiger partial charge >= 0.3 is 0 Å². The van der Waals surface area contributed by atoms with Gasteiger partial charge in [-0.1, -0.05) is 28.1 Å². The van der Waals surface area contributed by atoms with Crippen LogP contribution in [0.1, 0.15) is 11.1 Å². The summed E-state index contributed by atoms with van der Waals surface area (Å²) in [5, 5.41) is 6.33. The molecule has 2 aromatic carbocycles. The van der Waals surface area contributed by atoms with Crippen LogP contribution >= 0.6 is 27.3 Å². The molecule has 0 bridgehead atoms. The van der Waals surface area contributed by atoms with E-state index in [-0.39, 0.29) is 0 Å². The molecule has 21 heavy (non-hydrogen) atoms. The monoisotopic (exact) mass is 358 g/mol. The van der Waals surface area contributed by atoms with Crippen molar-refractivity contribution in [2.24, 2.45) is 0 Å². The highest BCUT2D eigenvalue weighted by molar-refractivity contribution is 9.10. The molecule has 3 rings (SSSR count). The largest absolute Gasteiger partial charge is 0.332 e. The van der Waals surface area contributed by atoms with Crippen molar-refractivity contribution >= 4 is 38.1 Å². The fourth-order valence-corrected chi connectivity index (χ4v) is 3.03. The zero-order valence-electron chi connectivity index (χ0n) is 11.9. The molecule has 0 atom stereocenters. The van der Waals surface area contributed by atoms with Gasteiger partial charge in [0, 0.05) is 21.1 Å². The third-order valence-corrected chi connectivity index (χ3v) is 4.69. The molecule has 3 aromatic rings. The van der Waals surface area contributed by atoms with Gasteiger partial charge in [0.1, 0.15) is 0 Å². The number of hydrogen-bond acceptors (Lipinski definition) is 3. The van der Waals surface area contributed by atoms with Gasteiger partial charge in [-0.15, -0.1) is 11.3 Å². The maximum atomic E-state index is 4.66. The lowest BCUT2D eigenvalue weighted by molar-refractivity contribution is 1.32. The molecule has 0 aliphatic heterocycles. The summed E-state index contributed by atoms with van der Waals surface area (Å²) >= 11 is 5.06. The summed E-state index contributed by atoms with van der Waals surface area (Å²) in [6.45, 7) is 4.26. The van der Waals surface area contributed by atoms with Crippen LogP contribution in [-0.4, -0.2) is 4.98 Å². The number of aryl methyl sites for hydroxylation is 2. The molecule has 0 aliphatic rings. The minimum Gasteiger partial charge on any atom is -0.332 e. The third-order valence-electron chi connectivity index (χ3n) is 3.40. The first-order chi connectivity index (χ1) is 10.1. The number of anilines is 2. The van der Waals surface area contributed by atoms with Gasteiger partial charge in [0.15, 0.2) is 5.13 Å². The Bertz CT molecular complexity index is 763. The number of rotatable bonds is 3. The fourth-order valence-electron chi connectivity index (χ4n) is 2.02. The molecule has 2 nitrogen and oxygen atoms in total. The zero-order valence-corrected chi connectivity index (χ0v) is 14.3. The zero-order chi connectivity index (χ0) is 14.8. The standard InChI is InChI=1S/C17H15BrN2S/c1-11-3-4-13(9-12(11)2)16-10-21-17(20-16)19-15-7-5-14(18)6-8-15/h3-10H,1-2H3,(H,19,20). The lowest BCUT2D eigenvalue weighted by Gasteiger charge is -2.03. The molecule has 0 aliphatic carbocycles. The average molecular weight is 359 g/mol. The normalized spacial score (nSPS) is 10.6. The van der Waals surface area contributed by atoms with Crippen LogP contribution in [0.5, 0.6) is 0 Å². The number of thiazole rings is 1. The van der Waals surface area contributed by atoms with Crippen LogP contribution in [-0.2, 0) is 0 Å². The van der Waals surface area contributed by atoms with E-state index in [4.69, 9.17) is 0 Å². The quantitative estimate of drug-likeness (QED) is 0.627. The van der Waals surface area contributed by atoms with E-state index in [9.17, 15) is 0 Å². The summed E-state index contributed by atoms with van der Waals surface area (Å²) in [7, 11) is 0. The Kier molecular flexibility index (Phi) is 4.08. The molecule has 1 heterocycles. The molecule has 1 N–H and O–H groups in total. The highest BCUT2D eigenvalue weighted by Gasteiger charge is 2.06. The first kappa shape index (κ1) is 14.3. The van der Waals surface area contributed by atoms with Gasteiger partial charge in [-0.25, -0.2) is 4.98 Å². The second kappa shape index (κ2) is 6.00. The number of nitrogens with zero attached hydrogens (tertiary/aromatic N) is 1. The van der Waals surface area contributed by atoms with Crippen molar-refractivity contribution in [3.8, 4) is 11.3 Å². The summed E-state index contributed by atoms with van der Waals surface area (Å²) in [6.07, 6.45) is 0. The van der Waals surface area contributed by atoms with Crippen molar-refractivity contribution in [3.05, 3.63) is 63.4 Å². The summed E-state index contributed by atoms with van der Waals surface area (Å²) in [5.74, 6) is 0. The van der Waals surface area contributed by atoms with E-state index in [1.165, 1.54) is 16.7 Å². The first-order valence-electron chi connectivity index (χ1n) is 6.67. The molecule has 0 unspecified atom stereocenters. The smallest absolute Gasteiger partial charge is 0.187 e. The highest BCUT2D eigenvalue weighted by Crippen LogP contribution is 2.28. The lowest BCUT2D eigenvalue weighted by atomic mass is 10.1. The molecule has 0 saturated carbocycles. The van der Waals surface area contributed by atoms with Gasteiger partial charge in [0.2, 0.25) is 0 Å². The second-order valence-electron chi connectivity index (χ2n) is 4.97. The molecule has 0 saturated heterocycles. The van der Waals surface area contributed by atoms with Gasteiger partial charge in [0.25, 0.3) is 0 Å². The fraction of sp³-hybridized carbons (Fsp3) is 0.118. The number of benzene rings is 2. The Hall–Kier alpha value is -1.65. The maximum Gasteiger partial charge on any atom is 0.187 e. The summed E-state index contributed by atoms with van der Waals surface area (Å²) in [5.41, 5.74) is 5.82. The van der Waals surface area contributed by atoms with Crippen LogP contribution in [0, 0.1) is 13.8 Å². The minimum atomic E-state index is 0.908. The van der Waals surface area contributed by atoms with Crippen LogP contribution < -0.4 is 5.32 Å². The number of halogens is 1. The van der Waals surface area contributed by atoms with E-state index in [0.717, 1.165) is 21.0 Å². The molecule has 0 radical (unpaired) electrons. The van der Waals surface area contributed by atoms with Crippen molar-refractivity contribution in [1.82, 2.24) is 4.98 Å². The van der Waals surface area contributed by atoms with Crippen LogP contribution in [0.4, 0.5) is 10.8 Å². The van der Waals surface area contributed by atoms with Crippen LogP contribution in [0.15, 0.2) is 52.3 Å². The Morgan fingerprint density at radius 2 is 1.76 bits per heavy atom.